The Labute approximate surface area is 141 Å². The summed E-state index contributed by atoms with van der Waals surface area (Å²) < 4.78 is 0. The van der Waals surface area contributed by atoms with Crippen LogP contribution in [-0.4, -0.2) is 52.5 Å². The zero-order valence-electron chi connectivity index (χ0n) is 13.9. The molecule has 0 saturated carbocycles. The number of aliphatic hydroxyl groups is 1. The topological polar surface area (TPSA) is 98.7 Å². The quantitative estimate of drug-likeness (QED) is 0.694. The number of carbonyl (C=O) groups is 3. The zero-order chi connectivity index (χ0) is 17.7. The van der Waals surface area contributed by atoms with Crippen LogP contribution in [0.1, 0.15) is 25.8 Å². The van der Waals surface area contributed by atoms with Crippen LogP contribution in [0.3, 0.4) is 0 Å². The third kappa shape index (κ3) is 4.55. The van der Waals surface area contributed by atoms with Crippen molar-refractivity contribution in [2.24, 2.45) is 0 Å². The number of likely N-dealkylation sites (tertiary alicyclic amines) is 1. The molecule has 7 heteroatoms. The van der Waals surface area contributed by atoms with Crippen molar-refractivity contribution in [1.29, 1.82) is 0 Å². The number of hydrogen-bond donors (Lipinski definition) is 3. The largest absolute Gasteiger partial charge is 0.391 e. The Bertz CT molecular complexity index is 605. The minimum atomic E-state index is -0.744. The molecule has 7 nitrogen and oxygen atoms in total. The lowest BCUT2D eigenvalue weighted by atomic mass is 10.1. The lowest BCUT2D eigenvalue weighted by Crippen LogP contribution is -2.52. The molecule has 3 atom stereocenters. The van der Waals surface area contributed by atoms with Crippen molar-refractivity contribution in [3.63, 3.8) is 0 Å². The minimum Gasteiger partial charge on any atom is -0.391 e. The molecule has 1 aliphatic rings. The fourth-order valence-corrected chi connectivity index (χ4v) is 2.82. The van der Waals surface area contributed by atoms with Crippen LogP contribution >= 0.6 is 0 Å². The zero-order valence-corrected chi connectivity index (χ0v) is 13.9. The van der Waals surface area contributed by atoms with Gasteiger partial charge in [-0.15, -0.1) is 0 Å². The van der Waals surface area contributed by atoms with Gasteiger partial charge in [-0.05, 0) is 12.5 Å². The predicted octanol–water partition coefficient (Wildman–Crippen LogP) is -0.211. The minimum absolute atomic E-state index is 0.0895. The Morgan fingerprint density at radius 1 is 1.29 bits per heavy atom. The molecule has 1 aromatic rings. The van der Waals surface area contributed by atoms with Crippen LogP contribution in [-0.2, 0) is 20.9 Å². The smallest absolute Gasteiger partial charge is 0.245 e. The first-order chi connectivity index (χ1) is 11.4. The van der Waals surface area contributed by atoms with Crippen LogP contribution in [0, 0.1) is 0 Å². The van der Waals surface area contributed by atoms with Gasteiger partial charge in [-0.2, -0.15) is 0 Å². The van der Waals surface area contributed by atoms with E-state index >= 15 is 0 Å². The molecule has 0 aliphatic carbocycles. The van der Waals surface area contributed by atoms with Crippen molar-refractivity contribution >= 4 is 17.7 Å². The molecule has 2 rings (SSSR count). The number of hydrogen-bond acceptors (Lipinski definition) is 4. The Kier molecular flexibility index (Phi) is 5.92. The fourth-order valence-electron chi connectivity index (χ4n) is 2.82. The molecule has 3 N–H and O–H groups in total. The molecule has 1 fully saturated rings. The summed E-state index contributed by atoms with van der Waals surface area (Å²) in [6.07, 6.45) is -0.551. The summed E-state index contributed by atoms with van der Waals surface area (Å²) in [6.45, 7) is 3.34. The molecular formula is C17H23N3O4. The second-order valence-electron chi connectivity index (χ2n) is 6.02. The molecule has 1 saturated heterocycles. The van der Waals surface area contributed by atoms with Crippen molar-refractivity contribution in [3.8, 4) is 0 Å². The maximum absolute atomic E-state index is 12.4. The van der Waals surface area contributed by atoms with E-state index in [1.54, 1.807) is 6.92 Å². The van der Waals surface area contributed by atoms with Gasteiger partial charge in [0.25, 0.3) is 0 Å². The van der Waals surface area contributed by atoms with Crippen LogP contribution < -0.4 is 10.6 Å². The van der Waals surface area contributed by atoms with Gasteiger partial charge in [-0.1, -0.05) is 30.3 Å². The van der Waals surface area contributed by atoms with Crippen LogP contribution in [0.5, 0.6) is 0 Å². The molecule has 1 heterocycles. The number of nitrogens with one attached hydrogen (secondary N) is 2. The maximum atomic E-state index is 12.4. The van der Waals surface area contributed by atoms with E-state index in [9.17, 15) is 19.5 Å². The van der Waals surface area contributed by atoms with Crippen LogP contribution in [0.2, 0.25) is 0 Å². The van der Waals surface area contributed by atoms with Crippen molar-refractivity contribution in [3.05, 3.63) is 35.9 Å². The number of carbonyl (C=O) groups excluding carboxylic acids is 3. The molecule has 3 amide bonds. The molecule has 0 unspecified atom stereocenters. The summed E-state index contributed by atoms with van der Waals surface area (Å²) in [5.41, 5.74) is 0.953. The average molecular weight is 333 g/mol. The second kappa shape index (κ2) is 7.92. The summed E-state index contributed by atoms with van der Waals surface area (Å²) in [4.78, 5) is 37.3. The summed E-state index contributed by atoms with van der Waals surface area (Å²) in [6, 6.07) is 7.97. The van der Waals surface area contributed by atoms with Crippen molar-refractivity contribution in [2.75, 3.05) is 6.54 Å². The number of nitrogens with zero attached hydrogens (tertiary/aromatic N) is 1. The van der Waals surface area contributed by atoms with Gasteiger partial charge in [0.05, 0.1) is 6.10 Å². The molecule has 0 aromatic heterocycles. The standard InChI is InChI=1S/C17H23N3O4/c1-11(19-12(2)21)17(24)20-10-14(22)8-15(20)16(23)18-9-13-6-4-3-5-7-13/h3-7,11,14-15,22H,8-10H2,1-2H3,(H,18,23)(H,19,21)/t11-,14+,15-/m0/s1. The van der Waals surface area contributed by atoms with Crippen LogP contribution in [0.25, 0.3) is 0 Å². The molecular weight excluding hydrogens is 310 g/mol. The molecule has 24 heavy (non-hydrogen) atoms. The molecule has 0 radical (unpaired) electrons. The van der Waals surface area contributed by atoms with Crippen molar-refractivity contribution in [1.82, 2.24) is 15.5 Å². The number of benzene rings is 1. The monoisotopic (exact) mass is 333 g/mol. The van der Waals surface area contributed by atoms with E-state index in [0.29, 0.717) is 6.54 Å². The van der Waals surface area contributed by atoms with Gasteiger partial charge in [0.1, 0.15) is 12.1 Å². The molecule has 1 aliphatic heterocycles. The summed E-state index contributed by atoms with van der Waals surface area (Å²) in [7, 11) is 0. The number of amides is 3. The first kappa shape index (κ1) is 17.9. The molecule has 0 spiro atoms. The van der Waals surface area contributed by atoms with Crippen molar-refractivity contribution in [2.45, 2.75) is 45.0 Å². The lowest BCUT2D eigenvalue weighted by molar-refractivity contribution is -0.141. The highest BCUT2D eigenvalue weighted by Gasteiger charge is 2.40. The van der Waals surface area contributed by atoms with Crippen LogP contribution in [0.4, 0.5) is 0 Å². The van der Waals surface area contributed by atoms with Gasteiger partial charge in [0.15, 0.2) is 0 Å². The van der Waals surface area contributed by atoms with Gasteiger partial charge in [0, 0.05) is 26.4 Å². The maximum Gasteiger partial charge on any atom is 0.245 e. The third-order valence-corrected chi connectivity index (χ3v) is 3.96. The van der Waals surface area contributed by atoms with Crippen LogP contribution in [0.15, 0.2) is 30.3 Å². The average Bonchev–Trinajstić information content (AvgIpc) is 2.94. The highest BCUT2D eigenvalue weighted by atomic mass is 16.3. The molecule has 0 bridgehead atoms. The van der Waals surface area contributed by atoms with E-state index in [2.05, 4.69) is 10.6 Å². The van der Waals surface area contributed by atoms with Gasteiger partial charge < -0.3 is 20.6 Å². The predicted molar refractivity (Wildman–Crippen MR) is 87.7 cm³/mol. The normalized spacial score (nSPS) is 21.2. The Morgan fingerprint density at radius 2 is 1.96 bits per heavy atom. The number of aliphatic hydroxyl groups excluding tert-OH is 1. The highest BCUT2D eigenvalue weighted by molar-refractivity contribution is 5.92. The van der Waals surface area contributed by atoms with E-state index in [-0.39, 0.29) is 30.7 Å². The third-order valence-electron chi connectivity index (χ3n) is 3.96. The number of β-amino-alcohol motifs (C(OH)–C–C–N with tert-alkyl or cyclic N) is 1. The van der Waals surface area contributed by atoms with E-state index in [1.165, 1.54) is 11.8 Å². The van der Waals surface area contributed by atoms with Gasteiger partial charge in [0.2, 0.25) is 17.7 Å². The van der Waals surface area contributed by atoms with E-state index in [4.69, 9.17) is 0 Å². The van der Waals surface area contributed by atoms with Gasteiger partial charge in [-0.25, -0.2) is 0 Å². The van der Waals surface area contributed by atoms with E-state index < -0.39 is 18.2 Å². The fraction of sp³-hybridized carbons (Fsp3) is 0.471. The van der Waals surface area contributed by atoms with Gasteiger partial charge in [-0.3, -0.25) is 14.4 Å². The molecule has 130 valence electrons. The van der Waals surface area contributed by atoms with E-state index in [0.717, 1.165) is 5.56 Å². The summed E-state index contributed by atoms with van der Waals surface area (Å²) >= 11 is 0. The highest BCUT2D eigenvalue weighted by Crippen LogP contribution is 2.19. The lowest BCUT2D eigenvalue weighted by Gasteiger charge is -2.26. The Balaban J connectivity index is 1.99. The SMILES string of the molecule is CC(=O)N[C@@H](C)C(=O)N1C[C@H](O)C[C@H]1C(=O)NCc1ccccc1. The summed E-state index contributed by atoms with van der Waals surface area (Å²) in [5.74, 6) is -0.999. The first-order valence-corrected chi connectivity index (χ1v) is 7.95. The second-order valence-corrected chi connectivity index (χ2v) is 6.02. The first-order valence-electron chi connectivity index (χ1n) is 7.95. The molecule has 1 aromatic carbocycles. The van der Waals surface area contributed by atoms with Crippen molar-refractivity contribution < 1.29 is 19.5 Å². The Morgan fingerprint density at radius 3 is 2.58 bits per heavy atom. The Hall–Kier alpha value is -2.41. The van der Waals surface area contributed by atoms with E-state index in [1.807, 2.05) is 30.3 Å². The van der Waals surface area contributed by atoms with Gasteiger partial charge >= 0.3 is 0 Å². The summed E-state index contributed by atoms with van der Waals surface area (Å²) in [5, 5.41) is 15.2. The number of rotatable bonds is 5.